The fourth-order valence-electron chi connectivity index (χ4n) is 7.16. The molecule has 1 heterocycles. The first-order valence-corrected chi connectivity index (χ1v) is 20.1. The molecule has 2 aliphatic rings. The van der Waals surface area contributed by atoms with Gasteiger partial charge in [0.15, 0.2) is 0 Å². The summed E-state index contributed by atoms with van der Waals surface area (Å²) in [6.45, 7) is 8.07. The maximum Gasteiger partial charge on any atom is 0.244 e. The zero-order valence-corrected chi connectivity index (χ0v) is 33.0. The van der Waals surface area contributed by atoms with Crippen LogP contribution in [-0.4, -0.2) is 110 Å². The SMILES string of the molecule is CCCCCC[C@H]1OC[C@H](C)NC(=O)[C@H](CC(=O)NCCCN)NC(=O)[C@H](CN)NC(=O)[C@H](C2CCCCCC2)NC(=O)[C@H](CCC)N(C)C(=O)[C@@H]1C. The van der Waals surface area contributed by atoms with Crippen molar-refractivity contribution in [2.24, 2.45) is 23.3 Å². The fraction of sp³-hybridized carbons (Fsp3) is 0.842. The van der Waals surface area contributed by atoms with Gasteiger partial charge in [-0.25, -0.2) is 0 Å². The average Bonchev–Trinajstić information content (AvgIpc) is 3.42. The molecule has 0 aromatic carbocycles. The lowest BCUT2D eigenvalue weighted by Crippen LogP contribution is -2.61. The third-order valence-corrected chi connectivity index (χ3v) is 10.5. The Morgan fingerprint density at radius 2 is 1.45 bits per heavy atom. The zero-order chi connectivity index (χ0) is 39.3. The Morgan fingerprint density at radius 1 is 0.792 bits per heavy atom. The van der Waals surface area contributed by atoms with Gasteiger partial charge in [-0.15, -0.1) is 0 Å². The van der Waals surface area contributed by atoms with Gasteiger partial charge in [0.1, 0.15) is 24.2 Å². The molecule has 9 N–H and O–H groups in total. The van der Waals surface area contributed by atoms with Crippen LogP contribution in [0.3, 0.4) is 0 Å². The summed E-state index contributed by atoms with van der Waals surface area (Å²) < 4.78 is 6.35. The van der Waals surface area contributed by atoms with Crippen molar-refractivity contribution in [2.75, 3.05) is 33.3 Å². The number of ether oxygens (including phenoxy) is 1. The predicted molar refractivity (Wildman–Crippen MR) is 204 cm³/mol. The third-order valence-electron chi connectivity index (χ3n) is 10.5. The van der Waals surface area contributed by atoms with Crippen molar-refractivity contribution >= 4 is 35.4 Å². The summed E-state index contributed by atoms with van der Waals surface area (Å²) in [5, 5.41) is 13.9. The Bertz CT molecular complexity index is 1170. The molecule has 15 heteroatoms. The van der Waals surface area contributed by atoms with E-state index in [2.05, 4.69) is 33.5 Å². The van der Waals surface area contributed by atoms with Gasteiger partial charge in [-0.2, -0.15) is 0 Å². The standard InChI is InChI=1S/C38H70N8O7/c1-6-8-9-14-19-31-26(4)38(52)46(5)30(16-7-2)36(50)45-33(27-17-12-10-11-13-18-27)37(51)44-29(23-40)35(49)43-28(22-32(47)41-21-15-20-39)34(48)42-25(3)24-53-31/h25-31,33H,6-24,39-40H2,1-5H3,(H,41,47)(H,42,48)(H,43,49)(H,44,51)(H,45,50)/t25-,26+,28-,29-,30-,31+,33-/m0/s1. The highest BCUT2D eigenvalue weighted by molar-refractivity contribution is 5.97. The van der Waals surface area contributed by atoms with Crippen LogP contribution in [0.1, 0.15) is 124 Å². The number of nitrogens with two attached hydrogens (primary N) is 2. The Hall–Kier alpha value is -3.30. The number of hydrogen-bond donors (Lipinski definition) is 7. The minimum atomic E-state index is -1.29. The maximum atomic E-state index is 14.1. The van der Waals surface area contributed by atoms with Gasteiger partial charge in [-0.1, -0.05) is 78.6 Å². The van der Waals surface area contributed by atoms with Gasteiger partial charge in [-0.05, 0) is 51.5 Å². The highest BCUT2D eigenvalue weighted by Gasteiger charge is 2.38. The summed E-state index contributed by atoms with van der Waals surface area (Å²) in [5.74, 6) is -3.86. The monoisotopic (exact) mass is 751 g/mol. The van der Waals surface area contributed by atoms with Gasteiger partial charge in [0.2, 0.25) is 35.4 Å². The second-order valence-corrected chi connectivity index (χ2v) is 15.0. The van der Waals surface area contributed by atoms with E-state index in [1.54, 1.807) is 20.9 Å². The lowest BCUT2D eigenvalue weighted by Gasteiger charge is -2.34. The van der Waals surface area contributed by atoms with Crippen molar-refractivity contribution < 1.29 is 33.5 Å². The van der Waals surface area contributed by atoms with Crippen molar-refractivity contribution in [1.29, 1.82) is 0 Å². The molecule has 0 radical (unpaired) electrons. The molecule has 1 aliphatic carbocycles. The number of carbonyl (C=O) groups is 6. The van der Waals surface area contributed by atoms with E-state index in [1.807, 2.05) is 6.92 Å². The summed E-state index contributed by atoms with van der Waals surface area (Å²) in [6, 6.07) is -4.90. The molecule has 2 rings (SSSR count). The summed E-state index contributed by atoms with van der Waals surface area (Å²) in [4.78, 5) is 83.9. The molecule has 7 atom stereocenters. The van der Waals surface area contributed by atoms with Crippen LogP contribution in [0.25, 0.3) is 0 Å². The topological polar surface area (TPSA) is 227 Å². The molecule has 53 heavy (non-hydrogen) atoms. The number of unbranched alkanes of at least 4 members (excludes halogenated alkanes) is 3. The number of likely N-dealkylation sites (N-methyl/N-ethyl adjacent to an activating group) is 1. The first-order chi connectivity index (χ1) is 25.4. The molecule has 2 fully saturated rings. The maximum absolute atomic E-state index is 14.1. The molecule has 1 saturated heterocycles. The summed E-state index contributed by atoms with van der Waals surface area (Å²) in [7, 11) is 1.63. The van der Waals surface area contributed by atoms with E-state index in [-0.39, 0.29) is 31.4 Å². The second kappa shape index (κ2) is 24.9. The number of hydrogen-bond acceptors (Lipinski definition) is 9. The van der Waals surface area contributed by atoms with Crippen LogP contribution in [-0.2, 0) is 33.5 Å². The molecule has 1 saturated carbocycles. The van der Waals surface area contributed by atoms with Crippen molar-refractivity contribution in [3.05, 3.63) is 0 Å². The minimum absolute atomic E-state index is 0.0678. The molecule has 0 aromatic heterocycles. The van der Waals surface area contributed by atoms with Gasteiger partial charge in [0.05, 0.1) is 25.0 Å². The van der Waals surface area contributed by atoms with E-state index < -0.39 is 71.8 Å². The van der Waals surface area contributed by atoms with E-state index in [0.717, 1.165) is 51.4 Å². The molecule has 0 unspecified atom stereocenters. The molecular weight excluding hydrogens is 680 g/mol. The average molecular weight is 751 g/mol. The van der Waals surface area contributed by atoms with Crippen molar-refractivity contribution in [3.63, 3.8) is 0 Å². The molecule has 0 bridgehead atoms. The van der Waals surface area contributed by atoms with Crippen LogP contribution in [0, 0.1) is 11.8 Å². The van der Waals surface area contributed by atoms with Crippen LogP contribution in [0.5, 0.6) is 0 Å². The van der Waals surface area contributed by atoms with E-state index in [1.165, 1.54) is 4.90 Å². The third kappa shape index (κ3) is 15.5. The van der Waals surface area contributed by atoms with Gasteiger partial charge in [-0.3, -0.25) is 28.8 Å². The smallest absolute Gasteiger partial charge is 0.244 e. The van der Waals surface area contributed by atoms with Crippen LogP contribution >= 0.6 is 0 Å². The van der Waals surface area contributed by atoms with Crippen LogP contribution in [0.2, 0.25) is 0 Å². The number of nitrogens with zero attached hydrogens (tertiary/aromatic N) is 1. The highest BCUT2D eigenvalue weighted by Crippen LogP contribution is 2.27. The zero-order valence-electron chi connectivity index (χ0n) is 33.0. The van der Waals surface area contributed by atoms with Crippen LogP contribution in [0.15, 0.2) is 0 Å². The minimum Gasteiger partial charge on any atom is -0.375 e. The van der Waals surface area contributed by atoms with Crippen molar-refractivity contribution in [3.8, 4) is 0 Å². The van der Waals surface area contributed by atoms with Gasteiger partial charge >= 0.3 is 0 Å². The van der Waals surface area contributed by atoms with Crippen LogP contribution < -0.4 is 38.1 Å². The quantitative estimate of drug-likeness (QED) is 0.100. The van der Waals surface area contributed by atoms with Crippen molar-refractivity contribution in [1.82, 2.24) is 31.5 Å². The molecule has 6 amide bonds. The van der Waals surface area contributed by atoms with E-state index >= 15 is 0 Å². The Kier molecular flexibility index (Phi) is 21.5. The van der Waals surface area contributed by atoms with Gasteiger partial charge < -0.3 is 47.7 Å². The van der Waals surface area contributed by atoms with Gasteiger partial charge in [0.25, 0.3) is 0 Å². The molecule has 1 aliphatic heterocycles. The predicted octanol–water partition coefficient (Wildman–Crippen LogP) is 1.36. The number of nitrogens with one attached hydrogen (secondary N) is 5. The fourth-order valence-corrected chi connectivity index (χ4v) is 7.16. The molecular formula is C38H70N8O7. The Balaban J connectivity index is 2.55. The second-order valence-electron chi connectivity index (χ2n) is 15.0. The Morgan fingerprint density at radius 3 is 2.08 bits per heavy atom. The van der Waals surface area contributed by atoms with Crippen LogP contribution in [0.4, 0.5) is 0 Å². The Labute approximate surface area is 317 Å². The first kappa shape index (κ1) is 45.9. The van der Waals surface area contributed by atoms with Crippen molar-refractivity contribution in [2.45, 2.75) is 160 Å². The molecule has 304 valence electrons. The highest BCUT2D eigenvalue weighted by atomic mass is 16.5. The van der Waals surface area contributed by atoms with E-state index in [4.69, 9.17) is 16.2 Å². The number of rotatable bonds is 14. The molecule has 0 aromatic rings. The molecule has 0 spiro atoms. The van der Waals surface area contributed by atoms with E-state index in [0.29, 0.717) is 51.6 Å². The van der Waals surface area contributed by atoms with Gasteiger partial charge in [0, 0.05) is 26.2 Å². The summed E-state index contributed by atoms with van der Waals surface area (Å²) in [6.07, 6.45) is 10.5. The summed E-state index contributed by atoms with van der Waals surface area (Å²) in [5.41, 5.74) is 11.6. The molecule has 15 nitrogen and oxygen atoms in total. The first-order valence-electron chi connectivity index (χ1n) is 20.1. The normalized spacial score (nSPS) is 28.0. The largest absolute Gasteiger partial charge is 0.375 e. The number of amides is 6. The summed E-state index contributed by atoms with van der Waals surface area (Å²) >= 11 is 0. The van der Waals surface area contributed by atoms with E-state index in [9.17, 15) is 28.8 Å². The lowest BCUT2D eigenvalue weighted by atomic mass is 9.90. The number of carbonyl (C=O) groups excluding carboxylic acids is 6. The lowest BCUT2D eigenvalue weighted by molar-refractivity contribution is -0.147.